The topological polar surface area (TPSA) is 125 Å². The second-order valence-corrected chi connectivity index (χ2v) is 10.9. The summed E-state index contributed by atoms with van der Waals surface area (Å²) in [5.74, 6) is -2.79. The fraction of sp³-hybridized carbons (Fsp3) is 0.206. The summed E-state index contributed by atoms with van der Waals surface area (Å²) in [6.07, 6.45) is 0.368. The van der Waals surface area contributed by atoms with Gasteiger partial charge in [0.25, 0.3) is 11.8 Å². The standard InChI is InChI=1S/C34H29FN4O5/c35-28-15-21(18-37-31(41)16-23-6-3-5-22-4-1-2-7-25(22)23)8-10-24(28)19-36-17-20-9-11-26-27(14-20)34(44)39(33(26)43)29-12-13-30(40)38-32(29)42/h1-11,14-15,29,36H,12-13,16-19H2,(H,37,41)(H,38,40,42). The molecule has 4 aromatic carbocycles. The zero-order chi connectivity index (χ0) is 30.8. The van der Waals surface area contributed by atoms with Gasteiger partial charge in [-0.1, -0.05) is 60.7 Å². The molecule has 2 aliphatic rings. The molecule has 1 atom stereocenters. The Kier molecular flexibility index (Phi) is 7.99. The van der Waals surface area contributed by atoms with Gasteiger partial charge in [0, 0.05) is 31.6 Å². The van der Waals surface area contributed by atoms with Crippen LogP contribution in [0.25, 0.3) is 10.8 Å². The predicted octanol–water partition coefficient (Wildman–Crippen LogP) is 3.53. The molecule has 0 aromatic heterocycles. The molecule has 1 unspecified atom stereocenters. The number of carbonyl (C=O) groups is 5. The van der Waals surface area contributed by atoms with Gasteiger partial charge in [-0.15, -0.1) is 0 Å². The van der Waals surface area contributed by atoms with E-state index in [9.17, 15) is 28.4 Å². The Balaban J connectivity index is 1.02. The first-order valence-electron chi connectivity index (χ1n) is 14.3. The molecule has 44 heavy (non-hydrogen) atoms. The van der Waals surface area contributed by atoms with E-state index in [1.54, 1.807) is 30.3 Å². The Morgan fingerprint density at radius 1 is 0.818 bits per heavy atom. The molecule has 4 aromatic rings. The maximum atomic E-state index is 14.9. The van der Waals surface area contributed by atoms with Gasteiger partial charge in [-0.3, -0.25) is 34.2 Å². The normalized spacial score (nSPS) is 16.3. The molecule has 5 amide bonds. The van der Waals surface area contributed by atoms with Gasteiger partial charge in [-0.05, 0) is 52.1 Å². The van der Waals surface area contributed by atoms with Crippen LogP contribution in [0.3, 0.4) is 0 Å². The van der Waals surface area contributed by atoms with Crippen LogP contribution >= 0.6 is 0 Å². The first-order chi connectivity index (χ1) is 21.3. The summed E-state index contributed by atoms with van der Waals surface area (Å²) in [7, 11) is 0. The molecule has 0 aliphatic carbocycles. The van der Waals surface area contributed by atoms with Gasteiger partial charge in [0.2, 0.25) is 17.7 Å². The maximum absolute atomic E-state index is 14.9. The minimum atomic E-state index is -1.02. The summed E-state index contributed by atoms with van der Waals surface area (Å²) in [5, 5.41) is 10.3. The monoisotopic (exact) mass is 592 g/mol. The SMILES string of the molecule is O=C(Cc1cccc2ccccc12)NCc1ccc(CNCc2ccc3c(c2)C(=O)N(C2CCC(=O)NC2=O)C3=O)c(F)c1. The van der Waals surface area contributed by atoms with Crippen molar-refractivity contribution in [3.8, 4) is 0 Å². The molecule has 3 N–H and O–H groups in total. The highest BCUT2D eigenvalue weighted by molar-refractivity contribution is 6.23. The molecule has 1 saturated heterocycles. The molecule has 10 heteroatoms. The van der Waals surface area contributed by atoms with Crippen molar-refractivity contribution in [3.63, 3.8) is 0 Å². The molecule has 2 heterocycles. The third kappa shape index (κ3) is 5.84. The Bertz CT molecular complexity index is 1830. The summed E-state index contributed by atoms with van der Waals surface area (Å²) in [6.45, 7) is 0.719. The number of fused-ring (bicyclic) bond motifs is 2. The Labute approximate surface area is 252 Å². The molecule has 9 nitrogen and oxygen atoms in total. The summed E-state index contributed by atoms with van der Waals surface area (Å²) >= 11 is 0. The summed E-state index contributed by atoms with van der Waals surface area (Å²) in [4.78, 5) is 63.2. The van der Waals surface area contributed by atoms with Gasteiger partial charge in [0.05, 0.1) is 17.5 Å². The highest BCUT2D eigenvalue weighted by atomic mass is 19.1. The van der Waals surface area contributed by atoms with Crippen LogP contribution in [0, 0.1) is 5.82 Å². The van der Waals surface area contributed by atoms with E-state index in [4.69, 9.17) is 0 Å². The molecule has 0 saturated carbocycles. The van der Waals surface area contributed by atoms with Gasteiger partial charge in [0.1, 0.15) is 11.9 Å². The van der Waals surface area contributed by atoms with Crippen molar-refractivity contribution in [3.05, 3.63) is 118 Å². The van der Waals surface area contributed by atoms with Crippen molar-refractivity contribution >= 4 is 40.3 Å². The first-order valence-corrected chi connectivity index (χ1v) is 14.3. The molecule has 2 aliphatic heterocycles. The van der Waals surface area contributed by atoms with Crippen molar-refractivity contribution in [2.75, 3.05) is 0 Å². The summed E-state index contributed by atoms with van der Waals surface area (Å²) < 4.78 is 14.9. The molecule has 1 fully saturated rings. The number of carbonyl (C=O) groups excluding carboxylic acids is 5. The number of amides is 5. The highest BCUT2D eigenvalue weighted by Crippen LogP contribution is 2.28. The van der Waals surface area contributed by atoms with Crippen molar-refractivity contribution in [1.82, 2.24) is 20.9 Å². The van der Waals surface area contributed by atoms with E-state index in [0.717, 1.165) is 21.2 Å². The van der Waals surface area contributed by atoms with Crippen LogP contribution in [-0.4, -0.2) is 40.5 Å². The van der Waals surface area contributed by atoms with E-state index in [1.165, 1.54) is 6.07 Å². The lowest BCUT2D eigenvalue weighted by Crippen LogP contribution is -2.54. The van der Waals surface area contributed by atoms with Crippen molar-refractivity contribution < 1.29 is 28.4 Å². The summed E-state index contributed by atoms with van der Waals surface area (Å²) in [6, 6.07) is 22.4. The van der Waals surface area contributed by atoms with Gasteiger partial charge in [0.15, 0.2) is 0 Å². The van der Waals surface area contributed by atoms with Gasteiger partial charge < -0.3 is 10.6 Å². The number of hydrogen-bond donors (Lipinski definition) is 3. The Hall–Kier alpha value is -5.22. The van der Waals surface area contributed by atoms with Crippen molar-refractivity contribution in [2.24, 2.45) is 0 Å². The number of piperidine rings is 1. The maximum Gasteiger partial charge on any atom is 0.262 e. The Morgan fingerprint density at radius 3 is 2.39 bits per heavy atom. The van der Waals surface area contributed by atoms with E-state index < -0.39 is 35.5 Å². The zero-order valence-corrected chi connectivity index (χ0v) is 23.7. The minimum absolute atomic E-state index is 0.0526. The van der Waals surface area contributed by atoms with Gasteiger partial charge in [-0.25, -0.2) is 4.39 Å². The van der Waals surface area contributed by atoms with Gasteiger partial charge in [-0.2, -0.15) is 0 Å². The lowest BCUT2D eigenvalue weighted by molar-refractivity contribution is -0.136. The lowest BCUT2D eigenvalue weighted by atomic mass is 10.0. The highest BCUT2D eigenvalue weighted by Gasteiger charge is 2.44. The number of benzene rings is 4. The van der Waals surface area contributed by atoms with Crippen LogP contribution in [0.4, 0.5) is 4.39 Å². The van der Waals surface area contributed by atoms with Gasteiger partial charge >= 0.3 is 0 Å². The average molecular weight is 593 g/mol. The summed E-state index contributed by atoms with van der Waals surface area (Å²) in [5.41, 5.74) is 3.11. The Morgan fingerprint density at radius 2 is 1.57 bits per heavy atom. The molecule has 0 spiro atoms. The molecule has 0 bridgehead atoms. The molecule has 0 radical (unpaired) electrons. The molecule has 222 valence electrons. The first kappa shape index (κ1) is 28.9. The fourth-order valence-corrected chi connectivity index (χ4v) is 5.70. The van der Waals surface area contributed by atoms with E-state index in [1.807, 2.05) is 42.5 Å². The third-order valence-corrected chi connectivity index (χ3v) is 7.99. The van der Waals surface area contributed by atoms with Crippen LogP contribution < -0.4 is 16.0 Å². The quantitative estimate of drug-likeness (QED) is 0.256. The van der Waals surface area contributed by atoms with Crippen LogP contribution in [0.15, 0.2) is 78.9 Å². The number of nitrogens with one attached hydrogen (secondary N) is 3. The van der Waals surface area contributed by atoms with Crippen molar-refractivity contribution in [1.29, 1.82) is 0 Å². The number of imide groups is 2. The molecular formula is C34H29FN4O5. The average Bonchev–Trinajstić information content (AvgIpc) is 3.26. The molecule has 6 rings (SSSR count). The second kappa shape index (κ2) is 12.2. The van der Waals surface area contributed by atoms with E-state index in [-0.39, 0.29) is 49.4 Å². The van der Waals surface area contributed by atoms with Crippen LogP contribution in [0.2, 0.25) is 0 Å². The largest absolute Gasteiger partial charge is 0.352 e. The van der Waals surface area contributed by atoms with Crippen LogP contribution in [0.1, 0.15) is 55.8 Å². The van der Waals surface area contributed by atoms with Crippen LogP contribution in [0.5, 0.6) is 0 Å². The third-order valence-electron chi connectivity index (χ3n) is 7.99. The minimum Gasteiger partial charge on any atom is -0.352 e. The fourth-order valence-electron chi connectivity index (χ4n) is 5.70. The number of halogens is 1. The second-order valence-electron chi connectivity index (χ2n) is 10.9. The lowest BCUT2D eigenvalue weighted by Gasteiger charge is -2.27. The van der Waals surface area contributed by atoms with E-state index >= 15 is 0 Å². The van der Waals surface area contributed by atoms with E-state index in [0.29, 0.717) is 23.2 Å². The number of hydrogen-bond acceptors (Lipinski definition) is 6. The number of rotatable bonds is 9. The smallest absolute Gasteiger partial charge is 0.262 e. The van der Waals surface area contributed by atoms with Crippen molar-refractivity contribution in [2.45, 2.75) is 44.9 Å². The van der Waals surface area contributed by atoms with E-state index in [2.05, 4.69) is 16.0 Å². The number of nitrogens with zero attached hydrogens (tertiary/aromatic N) is 1. The zero-order valence-electron chi connectivity index (χ0n) is 23.7. The molecular weight excluding hydrogens is 563 g/mol. The van der Waals surface area contributed by atoms with Crippen LogP contribution in [-0.2, 0) is 40.4 Å². The predicted molar refractivity (Wildman–Crippen MR) is 160 cm³/mol.